The van der Waals surface area contributed by atoms with Gasteiger partial charge in [0.2, 0.25) is 0 Å². The van der Waals surface area contributed by atoms with E-state index in [1.165, 1.54) is 0 Å². The summed E-state index contributed by atoms with van der Waals surface area (Å²) in [4.78, 5) is 7.24. The van der Waals surface area contributed by atoms with Gasteiger partial charge in [-0.05, 0) is 25.6 Å². The Morgan fingerprint density at radius 1 is 1.75 bits per heavy atom. The summed E-state index contributed by atoms with van der Waals surface area (Å²) in [5, 5.41) is 0. The lowest BCUT2D eigenvalue weighted by atomic mass is 10.4. The molecular weight excluding hydrogens is 170 g/mol. The summed E-state index contributed by atoms with van der Waals surface area (Å²) in [7, 11) is 0. The van der Waals surface area contributed by atoms with Crippen LogP contribution in [-0.2, 0) is 5.75 Å². The second-order valence-electron chi connectivity index (χ2n) is 2.51. The van der Waals surface area contributed by atoms with Crippen LogP contribution in [-0.4, -0.2) is 22.3 Å². The summed E-state index contributed by atoms with van der Waals surface area (Å²) in [6, 6.07) is 0. The first-order valence-corrected chi connectivity index (χ1v) is 5.08. The molecule has 0 atom stereocenters. The highest BCUT2D eigenvalue weighted by atomic mass is 32.2. The van der Waals surface area contributed by atoms with E-state index in [4.69, 9.17) is 5.73 Å². The van der Waals surface area contributed by atoms with Crippen molar-refractivity contribution in [1.29, 1.82) is 0 Å². The fourth-order valence-electron chi connectivity index (χ4n) is 0.840. The predicted molar refractivity (Wildman–Crippen MR) is 52.8 cm³/mol. The van der Waals surface area contributed by atoms with Gasteiger partial charge in [-0.1, -0.05) is 0 Å². The molecule has 67 valence electrons. The van der Waals surface area contributed by atoms with Gasteiger partial charge in [-0.15, -0.1) is 0 Å². The lowest BCUT2D eigenvalue weighted by molar-refractivity contribution is 1.14. The molecule has 3 nitrogen and oxygen atoms in total. The first-order chi connectivity index (χ1) is 5.84. The van der Waals surface area contributed by atoms with Crippen molar-refractivity contribution in [3.8, 4) is 0 Å². The molecule has 1 aromatic rings. The van der Waals surface area contributed by atoms with Crippen LogP contribution in [0.2, 0.25) is 0 Å². The molecule has 0 aromatic carbocycles. The zero-order chi connectivity index (χ0) is 8.81. The van der Waals surface area contributed by atoms with Crippen LogP contribution in [0.5, 0.6) is 0 Å². The van der Waals surface area contributed by atoms with Crippen molar-refractivity contribution in [1.82, 2.24) is 9.97 Å². The van der Waals surface area contributed by atoms with Crippen molar-refractivity contribution in [2.45, 2.75) is 12.7 Å². The van der Waals surface area contributed by atoms with E-state index in [1.807, 2.05) is 18.7 Å². The molecule has 0 aliphatic rings. The molecule has 0 unspecified atom stereocenters. The highest BCUT2D eigenvalue weighted by molar-refractivity contribution is 7.98. The van der Waals surface area contributed by atoms with E-state index in [2.05, 4.69) is 16.4 Å². The second-order valence-corrected chi connectivity index (χ2v) is 3.54. The molecule has 12 heavy (non-hydrogen) atoms. The number of aromatic amines is 1. The van der Waals surface area contributed by atoms with Gasteiger partial charge >= 0.3 is 0 Å². The summed E-state index contributed by atoms with van der Waals surface area (Å²) in [6.45, 7) is 2.70. The number of imidazole rings is 1. The average Bonchev–Trinajstić information content (AvgIpc) is 2.46. The van der Waals surface area contributed by atoms with Gasteiger partial charge in [0.05, 0.1) is 12.0 Å². The Morgan fingerprint density at radius 3 is 3.17 bits per heavy atom. The van der Waals surface area contributed by atoms with Gasteiger partial charge in [-0.3, -0.25) is 0 Å². The summed E-state index contributed by atoms with van der Waals surface area (Å²) in [6.07, 6.45) is 3.80. The van der Waals surface area contributed by atoms with Crippen molar-refractivity contribution < 1.29 is 0 Å². The Kier molecular flexibility index (Phi) is 4.18. The predicted octanol–water partition coefficient (Wildman–Crippen LogP) is 1.11. The highest BCUT2D eigenvalue weighted by Crippen LogP contribution is 2.12. The normalized spacial score (nSPS) is 10.5. The molecule has 0 saturated heterocycles. The van der Waals surface area contributed by atoms with E-state index in [-0.39, 0.29) is 0 Å². The number of hydrogen-bond donors (Lipinski definition) is 2. The first kappa shape index (κ1) is 9.61. The molecule has 1 aromatic heterocycles. The lowest BCUT2D eigenvalue weighted by Crippen LogP contribution is -2.00. The van der Waals surface area contributed by atoms with Gasteiger partial charge < -0.3 is 10.7 Å². The molecule has 1 radical (unpaired) electrons. The second kappa shape index (κ2) is 5.22. The third-order valence-corrected chi connectivity index (χ3v) is 2.52. The molecule has 0 spiro atoms. The zero-order valence-electron chi connectivity index (χ0n) is 7.21. The maximum Gasteiger partial charge on any atom is 0.0925 e. The van der Waals surface area contributed by atoms with Crippen molar-refractivity contribution >= 4 is 11.8 Å². The van der Waals surface area contributed by atoms with Crippen molar-refractivity contribution in [2.75, 3.05) is 12.3 Å². The van der Waals surface area contributed by atoms with E-state index >= 15 is 0 Å². The maximum absolute atomic E-state index is 5.33. The molecule has 0 saturated carbocycles. The lowest BCUT2D eigenvalue weighted by Gasteiger charge is -1.97. The third-order valence-electron chi connectivity index (χ3n) is 1.58. The molecule has 0 bridgehead atoms. The number of thioether (sulfide) groups is 1. The van der Waals surface area contributed by atoms with Crippen LogP contribution in [0.1, 0.15) is 11.4 Å². The smallest absolute Gasteiger partial charge is 0.0925 e. The summed E-state index contributed by atoms with van der Waals surface area (Å²) >= 11 is 1.83. The van der Waals surface area contributed by atoms with E-state index in [0.717, 1.165) is 22.9 Å². The molecule has 3 N–H and O–H groups in total. The highest BCUT2D eigenvalue weighted by Gasteiger charge is 1.99. The molecule has 0 aliphatic heterocycles. The Bertz CT molecular complexity index is 222. The van der Waals surface area contributed by atoms with Gasteiger partial charge in [-0.2, -0.15) is 11.8 Å². The monoisotopic (exact) mass is 184 g/mol. The number of hydrogen-bond acceptors (Lipinski definition) is 3. The third kappa shape index (κ3) is 2.87. The number of aryl methyl sites for hydroxylation is 1. The van der Waals surface area contributed by atoms with E-state index < -0.39 is 0 Å². The number of aromatic nitrogens is 2. The van der Waals surface area contributed by atoms with Crippen LogP contribution in [0.15, 0.2) is 6.33 Å². The molecule has 0 fully saturated rings. The molecular formula is C8H14N3S. The van der Waals surface area contributed by atoms with Gasteiger partial charge in [0.25, 0.3) is 0 Å². The van der Waals surface area contributed by atoms with Crippen LogP contribution in [0.3, 0.4) is 0 Å². The fraction of sp³-hybridized carbons (Fsp3) is 0.500. The standard InChI is InChI=1S/C8H14N3S/c1-7-8(11-6-10-7)5-12-4-2-3-9/h2,6H,3-5,9H2,1H3,(H,10,11). The molecule has 1 heterocycles. The topological polar surface area (TPSA) is 54.7 Å². The van der Waals surface area contributed by atoms with Crippen LogP contribution in [0, 0.1) is 13.3 Å². The van der Waals surface area contributed by atoms with E-state index in [1.54, 1.807) is 6.33 Å². The van der Waals surface area contributed by atoms with E-state index in [0.29, 0.717) is 6.54 Å². The van der Waals surface area contributed by atoms with Crippen LogP contribution in [0.4, 0.5) is 0 Å². The summed E-state index contributed by atoms with van der Waals surface area (Å²) in [5.74, 6) is 1.97. The average molecular weight is 184 g/mol. The SMILES string of the molecule is Cc1[nH]cnc1CSC[CH]CN. The van der Waals surface area contributed by atoms with Gasteiger partial charge in [0.1, 0.15) is 0 Å². The van der Waals surface area contributed by atoms with Gasteiger partial charge in [0.15, 0.2) is 0 Å². The summed E-state index contributed by atoms with van der Waals surface area (Å²) in [5.41, 5.74) is 7.63. The largest absolute Gasteiger partial charge is 0.348 e. The minimum absolute atomic E-state index is 0.659. The van der Waals surface area contributed by atoms with Crippen LogP contribution >= 0.6 is 11.8 Å². The zero-order valence-corrected chi connectivity index (χ0v) is 8.03. The fourth-order valence-corrected chi connectivity index (χ4v) is 1.74. The number of rotatable bonds is 5. The van der Waals surface area contributed by atoms with Crippen molar-refractivity contribution in [3.63, 3.8) is 0 Å². The Labute approximate surface area is 77.1 Å². The molecule has 4 heteroatoms. The minimum Gasteiger partial charge on any atom is -0.348 e. The summed E-state index contributed by atoms with van der Waals surface area (Å²) < 4.78 is 0. The maximum atomic E-state index is 5.33. The minimum atomic E-state index is 0.659. The van der Waals surface area contributed by atoms with Gasteiger partial charge in [0, 0.05) is 11.4 Å². The van der Waals surface area contributed by atoms with Crippen molar-refractivity contribution in [3.05, 3.63) is 24.1 Å². The van der Waals surface area contributed by atoms with Crippen molar-refractivity contribution in [2.24, 2.45) is 5.73 Å². The first-order valence-electron chi connectivity index (χ1n) is 3.93. The molecule has 0 amide bonds. The Balaban J connectivity index is 2.20. The quantitative estimate of drug-likeness (QED) is 0.674. The molecule has 1 rings (SSSR count). The van der Waals surface area contributed by atoms with E-state index in [9.17, 15) is 0 Å². The number of H-pyrrole nitrogens is 1. The number of nitrogens with zero attached hydrogens (tertiary/aromatic N) is 1. The Hall–Kier alpha value is -0.480. The van der Waals surface area contributed by atoms with Crippen LogP contribution < -0.4 is 5.73 Å². The number of nitrogens with two attached hydrogens (primary N) is 1. The van der Waals surface area contributed by atoms with Gasteiger partial charge in [-0.25, -0.2) is 4.98 Å². The number of nitrogens with one attached hydrogen (secondary N) is 1. The Morgan fingerprint density at radius 2 is 2.58 bits per heavy atom. The van der Waals surface area contributed by atoms with Crippen LogP contribution in [0.25, 0.3) is 0 Å². The molecule has 0 aliphatic carbocycles.